The van der Waals surface area contributed by atoms with E-state index in [2.05, 4.69) is 22.9 Å². The van der Waals surface area contributed by atoms with Crippen molar-refractivity contribution in [2.45, 2.75) is 38.9 Å². The standard InChI is InChI=1S/C30H30ClN3O3/c1-20(22-8-5-10-25(31)16-22)34(30(35)24-12-13-27(36-2)28(17-24)37-3)18-21-7-4-9-23(15-21)26-19-33-14-6-11-29(33)32-26/h4-5,7-10,12-13,15-17,19-20H,6,11,14,18H2,1-3H3. The molecule has 1 unspecified atom stereocenters. The highest BCUT2D eigenvalue weighted by molar-refractivity contribution is 6.30. The molecule has 3 aromatic carbocycles. The third-order valence-electron chi connectivity index (χ3n) is 6.92. The molecule has 0 aliphatic carbocycles. The van der Waals surface area contributed by atoms with E-state index in [1.165, 1.54) is 0 Å². The predicted octanol–water partition coefficient (Wildman–Crippen LogP) is 6.57. The van der Waals surface area contributed by atoms with Gasteiger partial charge in [0.2, 0.25) is 0 Å². The van der Waals surface area contributed by atoms with Crippen molar-refractivity contribution in [1.29, 1.82) is 0 Å². The van der Waals surface area contributed by atoms with Crippen molar-refractivity contribution < 1.29 is 14.3 Å². The third kappa shape index (κ3) is 5.20. The molecule has 0 radical (unpaired) electrons. The molecule has 0 fully saturated rings. The Balaban J connectivity index is 1.49. The van der Waals surface area contributed by atoms with Crippen molar-refractivity contribution in [3.8, 4) is 22.8 Å². The first-order valence-corrected chi connectivity index (χ1v) is 12.8. The van der Waals surface area contributed by atoms with E-state index in [1.807, 2.05) is 48.2 Å². The zero-order valence-corrected chi connectivity index (χ0v) is 22.0. The second kappa shape index (κ2) is 10.7. The van der Waals surface area contributed by atoms with Gasteiger partial charge in [-0.05, 0) is 60.9 Å². The van der Waals surface area contributed by atoms with Gasteiger partial charge in [0.15, 0.2) is 11.5 Å². The summed E-state index contributed by atoms with van der Waals surface area (Å²) >= 11 is 6.30. The summed E-state index contributed by atoms with van der Waals surface area (Å²) < 4.78 is 13.0. The number of benzene rings is 3. The number of rotatable bonds is 8. The summed E-state index contributed by atoms with van der Waals surface area (Å²) in [5.41, 5.74) is 4.52. The Bertz CT molecular complexity index is 1410. The van der Waals surface area contributed by atoms with E-state index < -0.39 is 0 Å². The molecular formula is C30H30ClN3O3. The van der Waals surface area contributed by atoms with Crippen LogP contribution in [0.5, 0.6) is 11.5 Å². The number of imidazole rings is 1. The third-order valence-corrected chi connectivity index (χ3v) is 7.16. The fourth-order valence-electron chi connectivity index (χ4n) is 4.89. The molecule has 4 aromatic rings. The number of ether oxygens (including phenoxy) is 2. The minimum Gasteiger partial charge on any atom is -0.493 e. The predicted molar refractivity (Wildman–Crippen MR) is 145 cm³/mol. The Labute approximate surface area is 222 Å². The van der Waals surface area contributed by atoms with Crippen molar-refractivity contribution in [1.82, 2.24) is 14.5 Å². The molecule has 1 amide bonds. The number of hydrogen-bond acceptors (Lipinski definition) is 4. The zero-order chi connectivity index (χ0) is 25.9. The van der Waals surface area contributed by atoms with Gasteiger partial charge in [0, 0.05) is 41.9 Å². The number of hydrogen-bond donors (Lipinski definition) is 0. The maximum absolute atomic E-state index is 13.9. The average Bonchev–Trinajstić information content (AvgIpc) is 3.54. The van der Waals surface area contributed by atoms with Crippen molar-refractivity contribution in [2.24, 2.45) is 0 Å². The molecule has 0 saturated heterocycles. The van der Waals surface area contributed by atoms with Crippen LogP contribution in [-0.4, -0.2) is 34.6 Å². The SMILES string of the molecule is COc1ccc(C(=O)N(Cc2cccc(-c3cn4c(n3)CCC4)c2)C(C)c2cccc(Cl)c2)cc1OC. The lowest BCUT2D eigenvalue weighted by Gasteiger charge is -2.30. The first-order chi connectivity index (χ1) is 18.0. The van der Waals surface area contributed by atoms with E-state index >= 15 is 0 Å². The number of carbonyl (C=O) groups excluding carboxylic acids is 1. The van der Waals surface area contributed by atoms with Crippen molar-refractivity contribution in [3.05, 3.63) is 100 Å². The Morgan fingerprint density at radius 1 is 1.05 bits per heavy atom. The maximum atomic E-state index is 13.9. The minimum atomic E-state index is -0.223. The topological polar surface area (TPSA) is 56.6 Å². The highest BCUT2D eigenvalue weighted by Crippen LogP contribution is 2.32. The molecule has 0 spiro atoms. The van der Waals surface area contributed by atoms with Crippen LogP contribution in [-0.2, 0) is 19.5 Å². The quantitative estimate of drug-likeness (QED) is 0.266. The molecule has 37 heavy (non-hydrogen) atoms. The molecule has 1 atom stereocenters. The van der Waals surface area contributed by atoms with Gasteiger partial charge in [-0.25, -0.2) is 4.98 Å². The van der Waals surface area contributed by atoms with E-state index in [1.54, 1.807) is 32.4 Å². The molecule has 1 aromatic heterocycles. The Kier molecular flexibility index (Phi) is 7.19. The van der Waals surface area contributed by atoms with Crippen LogP contribution in [0.3, 0.4) is 0 Å². The average molecular weight is 516 g/mol. The van der Waals surface area contributed by atoms with Crippen LogP contribution in [0.15, 0.2) is 72.9 Å². The smallest absolute Gasteiger partial charge is 0.254 e. The molecule has 7 heteroatoms. The highest BCUT2D eigenvalue weighted by Gasteiger charge is 2.25. The van der Waals surface area contributed by atoms with Gasteiger partial charge in [0.1, 0.15) is 5.82 Å². The number of fused-ring (bicyclic) bond motifs is 1. The number of halogens is 1. The number of nitrogens with zero attached hydrogens (tertiary/aromatic N) is 3. The number of methoxy groups -OCH3 is 2. The van der Waals surface area contributed by atoms with Crippen LogP contribution in [0.4, 0.5) is 0 Å². The van der Waals surface area contributed by atoms with Crippen molar-refractivity contribution >= 4 is 17.5 Å². The molecule has 2 heterocycles. The molecule has 0 saturated carbocycles. The first kappa shape index (κ1) is 24.9. The van der Waals surface area contributed by atoms with Gasteiger partial charge in [0.25, 0.3) is 5.91 Å². The lowest BCUT2D eigenvalue weighted by Crippen LogP contribution is -2.33. The molecule has 5 rings (SSSR count). The van der Waals surface area contributed by atoms with E-state index in [0.717, 1.165) is 47.6 Å². The maximum Gasteiger partial charge on any atom is 0.254 e. The van der Waals surface area contributed by atoms with Gasteiger partial charge in [0.05, 0.1) is 26.0 Å². The van der Waals surface area contributed by atoms with Crippen LogP contribution < -0.4 is 9.47 Å². The van der Waals surface area contributed by atoms with Crippen LogP contribution in [0, 0.1) is 0 Å². The minimum absolute atomic E-state index is 0.111. The normalized spacial score (nSPS) is 13.2. The van der Waals surface area contributed by atoms with Crippen LogP contribution in [0.2, 0.25) is 5.02 Å². The van der Waals surface area contributed by atoms with Crippen LogP contribution in [0.25, 0.3) is 11.3 Å². The number of amides is 1. The number of aromatic nitrogens is 2. The Hall–Kier alpha value is -3.77. The molecular weight excluding hydrogens is 486 g/mol. The van der Waals surface area contributed by atoms with E-state index in [4.69, 9.17) is 26.1 Å². The summed E-state index contributed by atoms with van der Waals surface area (Å²) in [6.07, 6.45) is 4.30. The lowest BCUT2D eigenvalue weighted by atomic mass is 10.0. The molecule has 1 aliphatic rings. The zero-order valence-electron chi connectivity index (χ0n) is 21.3. The van der Waals surface area contributed by atoms with Gasteiger partial charge in [-0.2, -0.15) is 0 Å². The lowest BCUT2D eigenvalue weighted by molar-refractivity contribution is 0.0673. The number of aryl methyl sites for hydroxylation is 2. The first-order valence-electron chi connectivity index (χ1n) is 12.4. The largest absolute Gasteiger partial charge is 0.493 e. The fourth-order valence-corrected chi connectivity index (χ4v) is 5.08. The molecule has 0 N–H and O–H groups in total. The number of carbonyl (C=O) groups is 1. The fraction of sp³-hybridized carbons (Fsp3) is 0.267. The van der Waals surface area contributed by atoms with Gasteiger partial charge >= 0.3 is 0 Å². The van der Waals surface area contributed by atoms with E-state index in [-0.39, 0.29) is 11.9 Å². The van der Waals surface area contributed by atoms with Gasteiger partial charge < -0.3 is 18.9 Å². The van der Waals surface area contributed by atoms with Gasteiger partial charge in [-0.3, -0.25) is 4.79 Å². The van der Waals surface area contributed by atoms with E-state index in [9.17, 15) is 4.79 Å². The van der Waals surface area contributed by atoms with Gasteiger partial charge in [-0.1, -0.05) is 41.9 Å². The highest BCUT2D eigenvalue weighted by atomic mass is 35.5. The monoisotopic (exact) mass is 515 g/mol. The van der Waals surface area contributed by atoms with Crippen LogP contribution in [0.1, 0.15) is 46.7 Å². The summed E-state index contributed by atoms with van der Waals surface area (Å²) in [6, 6.07) is 20.9. The molecule has 190 valence electrons. The Morgan fingerprint density at radius 2 is 1.86 bits per heavy atom. The summed E-state index contributed by atoms with van der Waals surface area (Å²) in [6.45, 7) is 3.46. The molecule has 0 bridgehead atoms. The molecule has 6 nitrogen and oxygen atoms in total. The summed E-state index contributed by atoms with van der Waals surface area (Å²) in [7, 11) is 3.14. The second-order valence-electron chi connectivity index (χ2n) is 9.27. The van der Waals surface area contributed by atoms with E-state index in [0.29, 0.717) is 28.6 Å². The van der Waals surface area contributed by atoms with Gasteiger partial charge in [-0.15, -0.1) is 0 Å². The molecule has 1 aliphatic heterocycles. The van der Waals surface area contributed by atoms with Crippen molar-refractivity contribution in [2.75, 3.05) is 14.2 Å². The van der Waals surface area contributed by atoms with Crippen LogP contribution >= 0.6 is 11.6 Å². The summed E-state index contributed by atoms with van der Waals surface area (Å²) in [4.78, 5) is 20.6. The second-order valence-corrected chi connectivity index (χ2v) is 9.71. The summed E-state index contributed by atoms with van der Waals surface area (Å²) in [5.74, 6) is 2.12. The van der Waals surface area contributed by atoms with Crippen molar-refractivity contribution in [3.63, 3.8) is 0 Å². The Morgan fingerprint density at radius 3 is 2.62 bits per heavy atom. The summed E-state index contributed by atoms with van der Waals surface area (Å²) in [5, 5.41) is 0.637.